The number of benzene rings is 1. The Kier molecular flexibility index (Phi) is 4.53. The summed E-state index contributed by atoms with van der Waals surface area (Å²) < 4.78 is 1.83. The number of carbonyl (C=O) groups excluding carboxylic acids is 1. The lowest BCUT2D eigenvalue weighted by molar-refractivity contribution is 0.104. The summed E-state index contributed by atoms with van der Waals surface area (Å²) in [7, 11) is 5.95. The zero-order valence-corrected chi connectivity index (χ0v) is 12.2. The smallest absolute Gasteiger partial charge is 0.202 e. The Morgan fingerprint density at radius 3 is 2.60 bits per heavy atom. The Hall–Kier alpha value is -2.13. The van der Waals surface area contributed by atoms with Gasteiger partial charge in [-0.15, -0.1) is 0 Å². The Bertz CT molecular complexity index is 623. The summed E-state index contributed by atoms with van der Waals surface area (Å²) in [6.07, 6.45) is 5.42. The maximum Gasteiger partial charge on any atom is 0.202 e. The normalized spacial score (nSPS) is 11.4. The van der Waals surface area contributed by atoms with E-state index in [1.165, 1.54) is 5.56 Å². The Morgan fingerprint density at radius 1 is 1.20 bits per heavy atom. The molecule has 0 aliphatic rings. The van der Waals surface area contributed by atoms with Crippen molar-refractivity contribution in [1.82, 2.24) is 9.47 Å². The fraction of sp³-hybridized carbons (Fsp3) is 0.235. The number of hydrogen-bond acceptors (Lipinski definition) is 2. The van der Waals surface area contributed by atoms with E-state index >= 15 is 0 Å². The van der Waals surface area contributed by atoms with Gasteiger partial charge >= 0.3 is 0 Å². The topological polar surface area (TPSA) is 25.2 Å². The van der Waals surface area contributed by atoms with Crippen LogP contribution in [0.15, 0.2) is 48.7 Å². The first-order chi connectivity index (χ1) is 9.58. The summed E-state index contributed by atoms with van der Waals surface area (Å²) in [6.45, 7) is 0.860. The highest BCUT2D eigenvalue weighted by atomic mass is 16.1. The first kappa shape index (κ1) is 14.3. The Labute approximate surface area is 120 Å². The largest absolute Gasteiger partial charge is 0.348 e. The van der Waals surface area contributed by atoms with Gasteiger partial charge in [0.05, 0.1) is 5.69 Å². The number of allylic oxidation sites excluding steroid dienone is 1. The molecular weight excluding hydrogens is 248 g/mol. The standard InChI is InChI=1S/C17H20N2O/c1-18(2)13-15-8-5-4-7-14(15)10-11-17(20)16-9-6-12-19(16)3/h4-12H,13H2,1-3H3/b11-10+. The second-order valence-electron chi connectivity index (χ2n) is 5.14. The van der Waals surface area contributed by atoms with Crippen molar-refractivity contribution >= 4 is 11.9 Å². The predicted octanol–water partition coefficient (Wildman–Crippen LogP) is 2.98. The molecule has 20 heavy (non-hydrogen) atoms. The number of hydrogen-bond donors (Lipinski definition) is 0. The predicted molar refractivity (Wildman–Crippen MR) is 82.6 cm³/mol. The zero-order valence-electron chi connectivity index (χ0n) is 12.2. The lowest BCUT2D eigenvalue weighted by Gasteiger charge is -2.11. The summed E-state index contributed by atoms with van der Waals surface area (Å²) in [5.41, 5.74) is 3.00. The van der Waals surface area contributed by atoms with E-state index in [1.807, 2.05) is 68.3 Å². The van der Waals surface area contributed by atoms with Crippen molar-refractivity contribution in [3.8, 4) is 0 Å². The van der Waals surface area contributed by atoms with E-state index in [1.54, 1.807) is 6.08 Å². The molecule has 0 radical (unpaired) electrons. The van der Waals surface area contributed by atoms with E-state index in [2.05, 4.69) is 11.0 Å². The molecule has 0 N–H and O–H groups in total. The monoisotopic (exact) mass is 268 g/mol. The fourth-order valence-corrected chi connectivity index (χ4v) is 2.15. The highest BCUT2D eigenvalue weighted by Gasteiger charge is 2.05. The third kappa shape index (κ3) is 3.45. The van der Waals surface area contributed by atoms with E-state index < -0.39 is 0 Å². The van der Waals surface area contributed by atoms with Crippen molar-refractivity contribution in [3.05, 3.63) is 65.5 Å². The SMILES string of the molecule is CN(C)Cc1ccccc1/C=C/C(=O)c1cccn1C. The van der Waals surface area contributed by atoms with Crippen LogP contribution in [0, 0.1) is 0 Å². The molecule has 3 heteroatoms. The number of aryl methyl sites for hydroxylation is 1. The van der Waals surface area contributed by atoms with Gasteiger partial charge in [0.25, 0.3) is 0 Å². The number of carbonyl (C=O) groups is 1. The van der Waals surface area contributed by atoms with Crippen LogP contribution in [0.3, 0.4) is 0 Å². The van der Waals surface area contributed by atoms with Gasteiger partial charge in [-0.3, -0.25) is 4.79 Å². The molecule has 0 spiro atoms. The summed E-state index contributed by atoms with van der Waals surface area (Å²) in [6, 6.07) is 11.8. The molecule has 2 rings (SSSR count). The summed E-state index contributed by atoms with van der Waals surface area (Å²) in [4.78, 5) is 14.2. The molecule has 0 fully saturated rings. The van der Waals surface area contributed by atoms with Gasteiger partial charge < -0.3 is 9.47 Å². The molecule has 0 aliphatic heterocycles. The van der Waals surface area contributed by atoms with Crippen molar-refractivity contribution in [2.45, 2.75) is 6.54 Å². The molecule has 1 aromatic carbocycles. The van der Waals surface area contributed by atoms with Gasteiger partial charge in [0, 0.05) is 19.8 Å². The van der Waals surface area contributed by atoms with Crippen LogP contribution in [-0.4, -0.2) is 29.3 Å². The fourth-order valence-electron chi connectivity index (χ4n) is 2.15. The Balaban J connectivity index is 2.19. The number of nitrogens with zero attached hydrogens (tertiary/aromatic N) is 2. The molecule has 0 unspecified atom stereocenters. The van der Waals surface area contributed by atoms with Gasteiger partial charge in [-0.25, -0.2) is 0 Å². The van der Waals surface area contributed by atoms with Crippen LogP contribution in [0.2, 0.25) is 0 Å². The first-order valence-corrected chi connectivity index (χ1v) is 6.64. The van der Waals surface area contributed by atoms with E-state index in [-0.39, 0.29) is 5.78 Å². The van der Waals surface area contributed by atoms with E-state index in [9.17, 15) is 4.79 Å². The van der Waals surface area contributed by atoms with Crippen molar-refractivity contribution in [2.24, 2.45) is 7.05 Å². The summed E-state index contributed by atoms with van der Waals surface area (Å²) in [5, 5.41) is 0. The van der Waals surface area contributed by atoms with Crippen LogP contribution in [0.4, 0.5) is 0 Å². The summed E-state index contributed by atoms with van der Waals surface area (Å²) >= 11 is 0. The molecule has 0 bridgehead atoms. The first-order valence-electron chi connectivity index (χ1n) is 6.64. The van der Waals surface area contributed by atoms with E-state index in [0.717, 1.165) is 12.1 Å². The van der Waals surface area contributed by atoms with Gasteiger partial charge in [-0.05, 0) is 43.4 Å². The maximum atomic E-state index is 12.1. The number of ketones is 1. The molecular formula is C17H20N2O. The second-order valence-corrected chi connectivity index (χ2v) is 5.14. The lowest BCUT2D eigenvalue weighted by atomic mass is 10.1. The molecule has 0 amide bonds. The van der Waals surface area contributed by atoms with Crippen molar-refractivity contribution < 1.29 is 4.79 Å². The van der Waals surface area contributed by atoms with Gasteiger partial charge in [-0.2, -0.15) is 0 Å². The van der Waals surface area contributed by atoms with Gasteiger partial charge in [0.2, 0.25) is 5.78 Å². The van der Waals surface area contributed by atoms with Gasteiger partial charge in [0.1, 0.15) is 0 Å². The molecule has 0 saturated carbocycles. The van der Waals surface area contributed by atoms with Crippen LogP contribution in [0.25, 0.3) is 6.08 Å². The minimum Gasteiger partial charge on any atom is -0.348 e. The minimum absolute atomic E-state index is 0.0251. The van der Waals surface area contributed by atoms with Crippen molar-refractivity contribution in [3.63, 3.8) is 0 Å². The molecule has 1 heterocycles. The minimum atomic E-state index is 0.0251. The molecule has 2 aromatic rings. The van der Waals surface area contributed by atoms with Gasteiger partial charge in [-0.1, -0.05) is 30.3 Å². The van der Waals surface area contributed by atoms with Crippen LogP contribution >= 0.6 is 0 Å². The molecule has 104 valence electrons. The molecule has 0 aliphatic carbocycles. The number of rotatable bonds is 5. The third-order valence-corrected chi connectivity index (χ3v) is 3.15. The Morgan fingerprint density at radius 2 is 1.95 bits per heavy atom. The van der Waals surface area contributed by atoms with Crippen LogP contribution < -0.4 is 0 Å². The van der Waals surface area contributed by atoms with Crippen molar-refractivity contribution in [2.75, 3.05) is 14.1 Å². The average Bonchev–Trinajstić information content (AvgIpc) is 2.83. The highest BCUT2D eigenvalue weighted by Crippen LogP contribution is 2.13. The zero-order chi connectivity index (χ0) is 14.5. The highest BCUT2D eigenvalue weighted by molar-refractivity contribution is 6.05. The van der Waals surface area contributed by atoms with Crippen LogP contribution in [-0.2, 0) is 13.6 Å². The lowest BCUT2D eigenvalue weighted by Crippen LogP contribution is -2.11. The van der Waals surface area contributed by atoms with E-state index in [0.29, 0.717) is 5.69 Å². The third-order valence-electron chi connectivity index (χ3n) is 3.15. The molecule has 0 saturated heterocycles. The second kappa shape index (κ2) is 6.35. The molecule has 1 aromatic heterocycles. The molecule has 0 atom stereocenters. The van der Waals surface area contributed by atoms with Gasteiger partial charge in [0.15, 0.2) is 0 Å². The van der Waals surface area contributed by atoms with E-state index in [4.69, 9.17) is 0 Å². The van der Waals surface area contributed by atoms with Crippen LogP contribution in [0.1, 0.15) is 21.6 Å². The van der Waals surface area contributed by atoms with Crippen LogP contribution in [0.5, 0.6) is 0 Å². The quantitative estimate of drug-likeness (QED) is 0.615. The average molecular weight is 268 g/mol. The molecule has 3 nitrogen and oxygen atoms in total. The maximum absolute atomic E-state index is 12.1. The summed E-state index contributed by atoms with van der Waals surface area (Å²) in [5.74, 6) is 0.0251. The van der Waals surface area contributed by atoms with Crippen molar-refractivity contribution in [1.29, 1.82) is 0 Å². The number of aromatic nitrogens is 1.